The van der Waals surface area contributed by atoms with Crippen molar-refractivity contribution in [2.45, 2.75) is 0 Å². The summed E-state index contributed by atoms with van der Waals surface area (Å²) in [6.07, 6.45) is 0. The highest BCUT2D eigenvalue weighted by Crippen LogP contribution is 2.42. The van der Waals surface area contributed by atoms with E-state index in [0.717, 1.165) is 0 Å². The number of halogens is 1. The molecule has 0 unspecified atom stereocenters. The van der Waals surface area contributed by atoms with Crippen LogP contribution in [0.4, 0.5) is 0 Å². The number of rotatable bonds is 4. The molecule has 1 aromatic rings. The first kappa shape index (κ1) is 15.6. The first-order valence-corrected chi connectivity index (χ1v) is 7.67. The van der Waals surface area contributed by atoms with Gasteiger partial charge in [-0.25, -0.2) is 0 Å². The Morgan fingerprint density at radius 1 is 1.50 bits per heavy atom. The van der Waals surface area contributed by atoms with Crippen LogP contribution in [-0.2, 0) is 9.47 Å². The fraction of sp³-hybridized carbons (Fsp3) is 0.562. The minimum Gasteiger partial charge on any atom is -0.497 e. The van der Waals surface area contributed by atoms with Gasteiger partial charge in [0.25, 0.3) is 5.91 Å². The quantitative estimate of drug-likeness (QED) is 0.850. The minimum absolute atomic E-state index is 0.0613. The number of methoxy groups -OCH3 is 2. The van der Waals surface area contributed by atoms with Gasteiger partial charge in [0, 0.05) is 31.5 Å². The Labute approximate surface area is 135 Å². The zero-order chi connectivity index (χ0) is 15.7. The second-order valence-electron chi connectivity index (χ2n) is 6.04. The van der Waals surface area contributed by atoms with Crippen molar-refractivity contribution in [3.8, 4) is 5.75 Å². The van der Waals surface area contributed by atoms with Crippen molar-refractivity contribution in [3.63, 3.8) is 0 Å². The summed E-state index contributed by atoms with van der Waals surface area (Å²) in [7, 11) is 3.26. The van der Waals surface area contributed by atoms with Crippen molar-refractivity contribution in [1.82, 2.24) is 4.90 Å². The maximum absolute atomic E-state index is 12.8. The van der Waals surface area contributed by atoms with Crippen LogP contribution >= 0.6 is 11.6 Å². The average molecular weight is 326 g/mol. The highest BCUT2D eigenvalue weighted by molar-refractivity contribution is 6.33. The van der Waals surface area contributed by atoms with E-state index in [9.17, 15) is 4.79 Å². The number of nitrogens with zero attached hydrogens (tertiary/aromatic N) is 1. The number of hydrogen-bond donors (Lipinski definition) is 0. The molecule has 2 aliphatic rings. The molecule has 0 saturated carbocycles. The monoisotopic (exact) mass is 325 g/mol. The molecule has 1 amide bonds. The van der Waals surface area contributed by atoms with E-state index < -0.39 is 0 Å². The molecule has 6 heteroatoms. The standard InChI is InChI=1S/C16H20ClNO4/c1-20-9-16-8-18(6-11(16)7-22-10-16)15(19)13-5-12(21-2)3-4-14(13)17/h3-5,11H,6-10H2,1-2H3/t11-,16-/m1/s1. The van der Waals surface area contributed by atoms with Crippen LogP contribution in [-0.4, -0.2) is 57.9 Å². The lowest BCUT2D eigenvalue weighted by molar-refractivity contribution is 0.0489. The number of ether oxygens (including phenoxy) is 3. The lowest BCUT2D eigenvalue weighted by Gasteiger charge is -2.26. The van der Waals surface area contributed by atoms with Gasteiger partial charge >= 0.3 is 0 Å². The molecule has 0 bridgehead atoms. The van der Waals surface area contributed by atoms with Gasteiger partial charge in [0.2, 0.25) is 0 Å². The molecule has 2 fully saturated rings. The number of amides is 1. The highest BCUT2D eigenvalue weighted by Gasteiger charge is 2.52. The van der Waals surface area contributed by atoms with E-state index in [2.05, 4.69) is 0 Å². The van der Waals surface area contributed by atoms with Crippen LogP contribution in [0.1, 0.15) is 10.4 Å². The molecule has 3 rings (SSSR count). The van der Waals surface area contributed by atoms with Crippen LogP contribution in [0, 0.1) is 11.3 Å². The average Bonchev–Trinajstić information content (AvgIpc) is 3.04. The summed E-state index contributed by atoms with van der Waals surface area (Å²) in [6, 6.07) is 5.13. The molecule has 0 spiro atoms. The largest absolute Gasteiger partial charge is 0.497 e. The Bertz CT molecular complexity index is 579. The molecular weight excluding hydrogens is 306 g/mol. The predicted octanol–water partition coefficient (Wildman–Crippen LogP) is 2.08. The van der Waals surface area contributed by atoms with E-state index in [4.69, 9.17) is 25.8 Å². The summed E-state index contributed by atoms with van der Waals surface area (Å²) in [5.41, 5.74) is 0.393. The maximum atomic E-state index is 12.8. The lowest BCUT2D eigenvalue weighted by atomic mass is 9.82. The van der Waals surface area contributed by atoms with Crippen molar-refractivity contribution < 1.29 is 19.0 Å². The Morgan fingerprint density at radius 3 is 3.05 bits per heavy atom. The molecule has 5 nitrogen and oxygen atoms in total. The molecule has 2 saturated heterocycles. The third-order valence-corrected chi connectivity index (χ3v) is 4.97. The van der Waals surface area contributed by atoms with Crippen molar-refractivity contribution in [1.29, 1.82) is 0 Å². The molecule has 0 radical (unpaired) electrons. The number of fused-ring (bicyclic) bond motifs is 1. The van der Waals surface area contributed by atoms with Gasteiger partial charge in [0.15, 0.2) is 0 Å². The van der Waals surface area contributed by atoms with E-state index in [0.29, 0.717) is 55.2 Å². The predicted molar refractivity (Wildman–Crippen MR) is 82.5 cm³/mol. The van der Waals surface area contributed by atoms with Gasteiger partial charge in [-0.2, -0.15) is 0 Å². The zero-order valence-corrected chi connectivity index (χ0v) is 13.6. The Balaban J connectivity index is 1.82. The molecule has 2 atom stereocenters. The first-order valence-electron chi connectivity index (χ1n) is 7.29. The van der Waals surface area contributed by atoms with Gasteiger partial charge in [0.05, 0.1) is 37.5 Å². The molecular formula is C16H20ClNO4. The number of carbonyl (C=O) groups is 1. The van der Waals surface area contributed by atoms with E-state index in [1.807, 2.05) is 4.90 Å². The third kappa shape index (κ3) is 2.57. The molecule has 0 N–H and O–H groups in total. The van der Waals surface area contributed by atoms with E-state index in [1.54, 1.807) is 32.4 Å². The van der Waals surface area contributed by atoms with Gasteiger partial charge in [-0.15, -0.1) is 0 Å². The first-order chi connectivity index (χ1) is 10.6. The number of hydrogen-bond acceptors (Lipinski definition) is 4. The molecule has 22 heavy (non-hydrogen) atoms. The molecule has 1 aromatic carbocycles. The fourth-order valence-corrected chi connectivity index (χ4v) is 3.64. The number of benzene rings is 1. The second-order valence-corrected chi connectivity index (χ2v) is 6.45. The van der Waals surface area contributed by atoms with Crippen molar-refractivity contribution in [2.24, 2.45) is 11.3 Å². The third-order valence-electron chi connectivity index (χ3n) is 4.64. The second kappa shape index (κ2) is 6.07. The summed E-state index contributed by atoms with van der Waals surface area (Å²) in [4.78, 5) is 14.7. The molecule has 0 aromatic heterocycles. The van der Waals surface area contributed by atoms with Crippen LogP contribution in [0.3, 0.4) is 0 Å². The summed E-state index contributed by atoms with van der Waals surface area (Å²) in [5, 5.41) is 0.444. The lowest BCUT2D eigenvalue weighted by Crippen LogP contribution is -2.37. The van der Waals surface area contributed by atoms with Gasteiger partial charge in [-0.3, -0.25) is 4.79 Å². The Kier molecular flexibility index (Phi) is 4.30. The van der Waals surface area contributed by atoms with Gasteiger partial charge in [-0.05, 0) is 18.2 Å². The summed E-state index contributed by atoms with van der Waals surface area (Å²) >= 11 is 6.19. The molecule has 0 aliphatic carbocycles. The van der Waals surface area contributed by atoms with Crippen LogP contribution in [0.25, 0.3) is 0 Å². The number of likely N-dealkylation sites (tertiary alicyclic amines) is 1. The van der Waals surface area contributed by atoms with E-state index >= 15 is 0 Å². The van der Waals surface area contributed by atoms with Crippen LogP contribution < -0.4 is 4.74 Å². The fourth-order valence-electron chi connectivity index (χ4n) is 3.44. The SMILES string of the molecule is COC[C@]12COC[C@H]1CN(C(=O)c1cc(OC)ccc1Cl)C2. The number of carbonyl (C=O) groups excluding carboxylic acids is 1. The summed E-state index contributed by atoms with van der Waals surface area (Å²) in [6.45, 7) is 3.24. The molecule has 2 aliphatic heterocycles. The van der Waals surface area contributed by atoms with Crippen LogP contribution in [0.15, 0.2) is 18.2 Å². The Hall–Kier alpha value is -1.30. The highest BCUT2D eigenvalue weighted by atomic mass is 35.5. The van der Waals surface area contributed by atoms with Crippen molar-refractivity contribution in [3.05, 3.63) is 28.8 Å². The zero-order valence-electron chi connectivity index (χ0n) is 12.8. The summed E-state index contributed by atoms with van der Waals surface area (Å²) in [5.74, 6) is 0.886. The Morgan fingerprint density at radius 2 is 2.32 bits per heavy atom. The van der Waals surface area contributed by atoms with E-state index in [-0.39, 0.29) is 11.3 Å². The van der Waals surface area contributed by atoms with Crippen molar-refractivity contribution >= 4 is 17.5 Å². The van der Waals surface area contributed by atoms with Crippen molar-refractivity contribution in [2.75, 3.05) is 47.1 Å². The smallest absolute Gasteiger partial charge is 0.255 e. The normalized spacial score (nSPS) is 27.0. The molecule has 2 heterocycles. The van der Waals surface area contributed by atoms with Crippen LogP contribution in [0.2, 0.25) is 5.02 Å². The summed E-state index contributed by atoms with van der Waals surface area (Å²) < 4.78 is 16.1. The van der Waals surface area contributed by atoms with Gasteiger partial charge < -0.3 is 19.1 Å². The maximum Gasteiger partial charge on any atom is 0.255 e. The van der Waals surface area contributed by atoms with Crippen LogP contribution in [0.5, 0.6) is 5.75 Å². The minimum atomic E-state index is -0.0875. The van der Waals surface area contributed by atoms with Gasteiger partial charge in [0.1, 0.15) is 5.75 Å². The molecule has 120 valence electrons. The van der Waals surface area contributed by atoms with E-state index in [1.165, 1.54) is 0 Å². The van der Waals surface area contributed by atoms with Gasteiger partial charge in [-0.1, -0.05) is 11.6 Å². The topological polar surface area (TPSA) is 48.0 Å².